The molecule has 94 valence electrons. The molecular weight excluding hydrogens is 236 g/mol. The summed E-state index contributed by atoms with van der Waals surface area (Å²) in [6.07, 6.45) is 0.474. The van der Waals surface area contributed by atoms with Crippen LogP contribution in [0.5, 0.6) is 11.5 Å². The predicted octanol–water partition coefficient (Wildman–Crippen LogP) is 3.26. The van der Waals surface area contributed by atoms with Gasteiger partial charge in [-0.05, 0) is 36.7 Å². The molecule has 2 aromatic rings. The Bertz CT molecular complexity index is 543. The SMILES string of the molecule is NCCc1cccc(F)c1Oc1ccccc1F. The maximum absolute atomic E-state index is 13.7. The molecule has 0 aliphatic carbocycles. The van der Waals surface area contributed by atoms with Crippen LogP contribution in [0.2, 0.25) is 0 Å². The van der Waals surface area contributed by atoms with Crippen LogP contribution in [0.1, 0.15) is 5.56 Å². The van der Waals surface area contributed by atoms with E-state index in [1.807, 2.05) is 0 Å². The fourth-order valence-electron chi connectivity index (χ4n) is 1.66. The molecule has 2 N–H and O–H groups in total. The second-order valence-electron chi connectivity index (χ2n) is 3.80. The van der Waals surface area contributed by atoms with Gasteiger partial charge in [-0.2, -0.15) is 0 Å². The first-order chi connectivity index (χ1) is 8.72. The van der Waals surface area contributed by atoms with Crippen molar-refractivity contribution >= 4 is 0 Å². The van der Waals surface area contributed by atoms with Gasteiger partial charge in [0.05, 0.1) is 0 Å². The lowest BCUT2D eigenvalue weighted by molar-refractivity contribution is 0.410. The Kier molecular flexibility index (Phi) is 3.89. The zero-order chi connectivity index (χ0) is 13.0. The Balaban J connectivity index is 2.36. The van der Waals surface area contributed by atoms with Gasteiger partial charge in [-0.3, -0.25) is 0 Å². The van der Waals surface area contributed by atoms with Gasteiger partial charge in [-0.25, -0.2) is 8.78 Å². The highest BCUT2D eigenvalue weighted by atomic mass is 19.1. The van der Waals surface area contributed by atoms with Crippen molar-refractivity contribution in [1.82, 2.24) is 0 Å². The maximum atomic E-state index is 13.7. The zero-order valence-corrected chi connectivity index (χ0v) is 9.70. The van der Waals surface area contributed by atoms with Crippen LogP contribution in [-0.4, -0.2) is 6.54 Å². The van der Waals surface area contributed by atoms with Crippen molar-refractivity contribution < 1.29 is 13.5 Å². The summed E-state index contributed by atoms with van der Waals surface area (Å²) in [4.78, 5) is 0. The van der Waals surface area contributed by atoms with Gasteiger partial charge in [0.15, 0.2) is 23.1 Å². The van der Waals surface area contributed by atoms with Crippen LogP contribution in [-0.2, 0) is 6.42 Å². The molecule has 18 heavy (non-hydrogen) atoms. The van der Waals surface area contributed by atoms with E-state index in [0.717, 1.165) is 0 Å². The molecule has 2 aromatic carbocycles. The summed E-state index contributed by atoms with van der Waals surface area (Å²) in [7, 11) is 0. The fraction of sp³-hybridized carbons (Fsp3) is 0.143. The molecule has 0 aliphatic rings. The van der Waals surface area contributed by atoms with Crippen LogP contribution in [0.3, 0.4) is 0 Å². The molecule has 0 aliphatic heterocycles. The average molecular weight is 249 g/mol. The zero-order valence-electron chi connectivity index (χ0n) is 9.70. The van der Waals surface area contributed by atoms with E-state index in [1.54, 1.807) is 24.3 Å². The molecule has 0 radical (unpaired) electrons. The van der Waals surface area contributed by atoms with E-state index in [-0.39, 0.29) is 11.5 Å². The van der Waals surface area contributed by atoms with Crippen molar-refractivity contribution in [2.45, 2.75) is 6.42 Å². The Morgan fingerprint density at radius 1 is 0.944 bits per heavy atom. The van der Waals surface area contributed by atoms with E-state index in [9.17, 15) is 8.78 Å². The molecule has 0 saturated carbocycles. The standard InChI is InChI=1S/C14H13F2NO/c15-11-5-1-2-7-13(11)18-14-10(8-9-17)4-3-6-12(14)16/h1-7H,8-9,17H2. The molecule has 0 aromatic heterocycles. The number of nitrogens with two attached hydrogens (primary N) is 1. The first-order valence-electron chi connectivity index (χ1n) is 5.62. The van der Waals surface area contributed by atoms with Gasteiger partial charge in [0, 0.05) is 0 Å². The van der Waals surface area contributed by atoms with E-state index in [2.05, 4.69) is 0 Å². The van der Waals surface area contributed by atoms with Gasteiger partial charge in [0.1, 0.15) is 0 Å². The van der Waals surface area contributed by atoms with Crippen LogP contribution < -0.4 is 10.5 Å². The highest BCUT2D eigenvalue weighted by Crippen LogP contribution is 2.30. The average Bonchev–Trinajstić information content (AvgIpc) is 2.36. The van der Waals surface area contributed by atoms with Gasteiger partial charge in [0.25, 0.3) is 0 Å². The van der Waals surface area contributed by atoms with Crippen LogP contribution >= 0.6 is 0 Å². The minimum atomic E-state index is -0.528. The summed E-state index contributed by atoms with van der Waals surface area (Å²) in [5.74, 6) is -1.02. The van der Waals surface area contributed by atoms with Gasteiger partial charge in [-0.1, -0.05) is 24.3 Å². The predicted molar refractivity (Wildman–Crippen MR) is 65.6 cm³/mol. The number of hydrogen-bond acceptors (Lipinski definition) is 2. The molecule has 0 saturated heterocycles. The highest BCUT2D eigenvalue weighted by Gasteiger charge is 2.12. The molecule has 0 unspecified atom stereocenters. The summed E-state index contributed by atoms with van der Waals surface area (Å²) < 4.78 is 32.5. The summed E-state index contributed by atoms with van der Waals surface area (Å²) in [5, 5.41) is 0. The van der Waals surface area contributed by atoms with Crippen LogP contribution in [0.25, 0.3) is 0 Å². The Morgan fingerprint density at radius 3 is 2.39 bits per heavy atom. The third-order valence-electron chi connectivity index (χ3n) is 2.51. The Hall–Kier alpha value is -1.94. The van der Waals surface area contributed by atoms with Gasteiger partial charge in [0.2, 0.25) is 0 Å². The number of halogens is 2. The molecule has 0 spiro atoms. The molecule has 2 nitrogen and oxygen atoms in total. The number of para-hydroxylation sites is 2. The largest absolute Gasteiger partial charge is 0.451 e. The minimum Gasteiger partial charge on any atom is -0.451 e. The van der Waals surface area contributed by atoms with Gasteiger partial charge < -0.3 is 10.5 Å². The van der Waals surface area contributed by atoms with Crippen molar-refractivity contribution in [3.8, 4) is 11.5 Å². The minimum absolute atomic E-state index is 0.000807. The van der Waals surface area contributed by atoms with E-state index in [0.29, 0.717) is 18.5 Å². The smallest absolute Gasteiger partial charge is 0.166 e. The highest BCUT2D eigenvalue weighted by molar-refractivity contribution is 5.39. The summed E-state index contributed by atoms with van der Waals surface area (Å²) in [6.45, 7) is 0.372. The molecule has 2 rings (SSSR count). The van der Waals surface area contributed by atoms with E-state index < -0.39 is 11.6 Å². The molecular formula is C14H13F2NO. The van der Waals surface area contributed by atoms with Crippen LogP contribution in [0.4, 0.5) is 8.78 Å². The second-order valence-corrected chi connectivity index (χ2v) is 3.80. The maximum Gasteiger partial charge on any atom is 0.166 e. The lowest BCUT2D eigenvalue weighted by atomic mass is 10.1. The van der Waals surface area contributed by atoms with Crippen molar-refractivity contribution in [2.24, 2.45) is 5.73 Å². The second kappa shape index (κ2) is 5.60. The van der Waals surface area contributed by atoms with E-state index >= 15 is 0 Å². The monoisotopic (exact) mass is 249 g/mol. The number of hydrogen-bond donors (Lipinski definition) is 1. The first kappa shape index (κ1) is 12.5. The topological polar surface area (TPSA) is 35.2 Å². The molecule has 0 atom stereocenters. The Labute approximate surface area is 104 Å². The van der Waals surface area contributed by atoms with Crippen LogP contribution in [0, 0.1) is 11.6 Å². The Morgan fingerprint density at radius 2 is 1.67 bits per heavy atom. The molecule has 0 amide bonds. The third-order valence-corrected chi connectivity index (χ3v) is 2.51. The normalized spacial score (nSPS) is 10.4. The van der Waals surface area contributed by atoms with Crippen LogP contribution in [0.15, 0.2) is 42.5 Å². The number of ether oxygens (including phenoxy) is 1. The van der Waals surface area contributed by atoms with Crippen molar-refractivity contribution in [1.29, 1.82) is 0 Å². The first-order valence-corrected chi connectivity index (χ1v) is 5.62. The number of benzene rings is 2. The third kappa shape index (κ3) is 2.65. The molecule has 0 bridgehead atoms. The molecule has 4 heteroatoms. The lowest BCUT2D eigenvalue weighted by Gasteiger charge is -2.12. The quantitative estimate of drug-likeness (QED) is 0.902. The number of rotatable bonds is 4. The summed E-state index contributed by atoms with van der Waals surface area (Å²) in [6, 6.07) is 10.5. The van der Waals surface area contributed by atoms with Gasteiger partial charge >= 0.3 is 0 Å². The molecule has 0 fully saturated rings. The van der Waals surface area contributed by atoms with E-state index in [4.69, 9.17) is 10.5 Å². The van der Waals surface area contributed by atoms with Crippen molar-refractivity contribution in [3.63, 3.8) is 0 Å². The lowest BCUT2D eigenvalue weighted by Crippen LogP contribution is -2.05. The summed E-state index contributed by atoms with van der Waals surface area (Å²) in [5.41, 5.74) is 6.08. The fourth-order valence-corrected chi connectivity index (χ4v) is 1.66. The van der Waals surface area contributed by atoms with Gasteiger partial charge in [-0.15, -0.1) is 0 Å². The summed E-state index contributed by atoms with van der Waals surface area (Å²) >= 11 is 0. The van der Waals surface area contributed by atoms with Crippen molar-refractivity contribution in [2.75, 3.05) is 6.54 Å². The molecule has 0 heterocycles. The van der Waals surface area contributed by atoms with E-state index in [1.165, 1.54) is 18.2 Å². The van der Waals surface area contributed by atoms with Crippen molar-refractivity contribution in [3.05, 3.63) is 59.7 Å².